The third-order valence-electron chi connectivity index (χ3n) is 4.54. The number of aliphatic imine (C=N–C) groups is 1. The van der Waals surface area contributed by atoms with Crippen LogP contribution in [0.3, 0.4) is 0 Å². The van der Waals surface area contributed by atoms with E-state index < -0.39 is 0 Å². The van der Waals surface area contributed by atoms with Crippen LogP contribution in [0.25, 0.3) is 0 Å². The molecule has 1 aliphatic heterocycles. The molecule has 3 rings (SSSR count). The monoisotopic (exact) mass is 395 g/mol. The highest BCUT2D eigenvalue weighted by molar-refractivity contribution is 8.17. The summed E-state index contributed by atoms with van der Waals surface area (Å²) < 4.78 is 0. The minimum atomic E-state index is 0.0336. The topological polar surface area (TPSA) is 38.1 Å². The van der Waals surface area contributed by atoms with Gasteiger partial charge in [-0.2, -0.15) is 0 Å². The van der Waals surface area contributed by atoms with Crippen LogP contribution in [0, 0.1) is 26.2 Å². The van der Waals surface area contributed by atoms with Crippen molar-refractivity contribution in [3.8, 4) is 0 Å². The number of aryl methyl sites for hydroxylation is 3. The van der Waals surface area contributed by atoms with Gasteiger partial charge in [0.1, 0.15) is 5.04 Å². The number of hydrogen-bond acceptors (Lipinski definition) is 5. The van der Waals surface area contributed by atoms with E-state index in [2.05, 4.69) is 67.8 Å². The Morgan fingerprint density at radius 3 is 2.70 bits per heavy atom. The summed E-state index contributed by atoms with van der Waals surface area (Å²) in [6.45, 7) is 14.9. The zero-order chi connectivity index (χ0) is 19.6. The first-order valence-corrected chi connectivity index (χ1v) is 10.6. The largest absolute Gasteiger partial charge is 0.241 e. The summed E-state index contributed by atoms with van der Waals surface area (Å²) in [4.78, 5) is 15.0. The van der Waals surface area contributed by atoms with E-state index >= 15 is 0 Å². The van der Waals surface area contributed by atoms with Crippen molar-refractivity contribution in [1.29, 1.82) is 0 Å². The second kappa shape index (κ2) is 8.03. The summed E-state index contributed by atoms with van der Waals surface area (Å²) in [7, 11) is 0. The molecule has 0 unspecified atom stereocenters. The van der Waals surface area contributed by atoms with Crippen LogP contribution in [0.5, 0.6) is 0 Å². The number of nitrogens with zero attached hydrogens (tertiary/aromatic N) is 3. The Bertz CT molecular complexity index is 942. The minimum absolute atomic E-state index is 0.0336. The van der Waals surface area contributed by atoms with E-state index in [0.717, 1.165) is 32.9 Å². The Kier molecular flexibility index (Phi) is 5.92. The van der Waals surface area contributed by atoms with Crippen LogP contribution in [0.1, 0.15) is 37.1 Å². The molecule has 1 aliphatic rings. The maximum atomic E-state index is 4.98. The molecule has 1 saturated heterocycles. The van der Waals surface area contributed by atoms with Gasteiger partial charge in [0.15, 0.2) is 5.16 Å². The number of rotatable bonds is 3. The van der Waals surface area contributed by atoms with Gasteiger partial charge in [-0.05, 0) is 66.2 Å². The van der Waals surface area contributed by atoms with E-state index in [4.69, 9.17) is 4.99 Å². The van der Waals surface area contributed by atoms with Gasteiger partial charge < -0.3 is 0 Å². The molecule has 27 heavy (non-hydrogen) atoms. The van der Waals surface area contributed by atoms with Gasteiger partial charge in [-0.25, -0.2) is 15.0 Å². The first kappa shape index (κ1) is 19.9. The maximum Gasteiger partial charge on any atom is 0.192 e. The number of hydrogen-bond donors (Lipinski definition) is 0. The lowest BCUT2D eigenvalue weighted by Crippen LogP contribution is -2.22. The molecule has 0 atom stereocenters. The lowest BCUT2D eigenvalue weighted by molar-refractivity contribution is 0.472. The van der Waals surface area contributed by atoms with Crippen LogP contribution >= 0.6 is 23.5 Å². The second-order valence-electron chi connectivity index (χ2n) is 7.53. The van der Waals surface area contributed by atoms with E-state index in [1.807, 2.05) is 13.0 Å². The molecular weight excluding hydrogens is 370 g/mol. The lowest BCUT2D eigenvalue weighted by Gasteiger charge is -2.33. The van der Waals surface area contributed by atoms with Gasteiger partial charge in [-0.3, -0.25) is 0 Å². The van der Waals surface area contributed by atoms with E-state index in [1.54, 1.807) is 29.7 Å². The van der Waals surface area contributed by atoms with Crippen LogP contribution in [0.2, 0.25) is 0 Å². The number of thioether (sulfide) groups is 2. The Morgan fingerprint density at radius 1 is 1.22 bits per heavy atom. The van der Waals surface area contributed by atoms with Gasteiger partial charge in [0.2, 0.25) is 0 Å². The molecule has 0 radical (unpaired) electrons. The van der Waals surface area contributed by atoms with Crippen molar-refractivity contribution < 1.29 is 0 Å². The highest BCUT2D eigenvalue weighted by atomic mass is 32.2. The van der Waals surface area contributed by atoms with Crippen molar-refractivity contribution >= 4 is 34.3 Å². The first-order valence-electron chi connectivity index (χ1n) is 8.93. The molecule has 1 fully saturated rings. The van der Waals surface area contributed by atoms with E-state index in [1.165, 1.54) is 16.7 Å². The molecular formula is C22H25N3S2. The summed E-state index contributed by atoms with van der Waals surface area (Å²) in [5.41, 5.74) is 5.67. The molecule has 0 spiro atoms. The molecule has 1 aromatic heterocycles. The van der Waals surface area contributed by atoms with Crippen LogP contribution in [-0.4, -0.2) is 15.0 Å². The van der Waals surface area contributed by atoms with Crippen molar-refractivity contribution in [2.24, 2.45) is 10.4 Å². The van der Waals surface area contributed by atoms with Crippen LogP contribution in [0.4, 0.5) is 5.69 Å². The van der Waals surface area contributed by atoms with E-state index in [0.29, 0.717) is 0 Å². The molecule has 0 amide bonds. The Hall–Kier alpha value is -1.85. The average molecular weight is 396 g/mol. The Balaban J connectivity index is 1.96. The molecule has 140 valence electrons. The summed E-state index contributed by atoms with van der Waals surface area (Å²) in [6.07, 6.45) is 2.70. The normalized spacial score (nSPS) is 19.7. The van der Waals surface area contributed by atoms with E-state index in [-0.39, 0.29) is 5.41 Å². The molecule has 2 heterocycles. The average Bonchev–Trinajstić information content (AvgIpc) is 2.59. The number of aromatic nitrogens is 2. The van der Waals surface area contributed by atoms with Crippen molar-refractivity contribution in [2.45, 2.75) is 46.2 Å². The molecule has 2 aromatic rings. The maximum absolute atomic E-state index is 4.98. The zero-order valence-corrected chi connectivity index (χ0v) is 18.2. The van der Waals surface area contributed by atoms with Crippen molar-refractivity contribution in [3.05, 3.63) is 69.7 Å². The molecule has 0 saturated carbocycles. The third kappa shape index (κ3) is 4.90. The predicted molar refractivity (Wildman–Crippen MR) is 119 cm³/mol. The molecule has 0 N–H and O–H groups in total. The van der Waals surface area contributed by atoms with Crippen molar-refractivity contribution in [3.63, 3.8) is 0 Å². The summed E-state index contributed by atoms with van der Waals surface area (Å²) in [6, 6.07) is 8.28. The van der Waals surface area contributed by atoms with E-state index in [9.17, 15) is 0 Å². The van der Waals surface area contributed by atoms with Gasteiger partial charge >= 0.3 is 0 Å². The fourth-order valence-electron chi connectivity index (χ4n) is 2.80. The lowest BCUT2D eigenvalue weighted by atomic mass is 9.85. The van der Waals surface area contributed by atoms with Gasteiger partial charge in [-0.1, -0.05) is 61.6 Å². The number of benzene rings is 1. The fraction of sp³-hybridized carbons (Fsp3) is 0.318. The Morgan fingerprint density at radius 2 is 2.00 bits per heavy atom. The zero-order valence-electron chi connectivity index (χ0n) is 16.5. The quantitative estimate of drug-likeness (QED) is 0.424. The number of allylic oxidation sites excluding steroid dienone is 1. The smallest absolute Gasteiger partial charge is 0.192 e. The molecule has 3 nitrogen and oxygen atoms in total. The van der Waals surface area contributed by atoms with Gasteiger partial charge in [-0.15, -0.1) is 0 Å². The molecule has 0 aliphatic carbocycles. The highest BCUT2D eigenvalue weighted by Gasteiger charge is 2.32. The highest BCUT2D eigenvalue weighted by Crippen LogP contribution is 2.47. The summed E-state index contributed by atoms with van der Waals surface area (Å²) in [5.74, 6) is 0. The van der Waals surface area contributed by atoms with Crippen LogP contribution in [0.15, 0.2) is 63.1 Å². The summed E-state index contributed by atoms with van der Waals surface area (Å²) in [5, 5.41) is 3.94. The first-order chi connectivity index (χ1) is 12.7. The van der Waals surface area contributed by atoms with Crippen LogP contribution in [-0.2, 0) is 0 Å². The molecule has 0 bridgehead atoms. The third-order valence-corrected chi connectivity index (χ3v) is 6.69. The van der Waals surface area contributed by atoms with Gasteiger partial charge in [0, 0.05) is 11.9 Å². The standard InChI is InChI=1S/C22H25N3S2/c1-14-7-8-19(15(2)11-14)25-20-18(12-22(5,6)17(4)27-20)13-26-21-23-10-9-16(3)24-21/h7-11,13H,4,12H2,1-3,5-6H3/b18-13+,25-20-. The Labute approximate surface area is 170 Å². The fourth-order valence-corrected chi connectivity index (χ4v) is 4.63. The van der Waals surface area contributed by atoms with Crippen molar-refractivity contribution in [2.75, 3.05) is 0 Å². The minimum Gasteiger partial charge on any atom is -0.241 e. The van der Waals surface area contributed by atoms with Gasteiger partial charge in [0.05, 0.1) is 5.69 Å². The summed E-state index contributed by atoms with van der Waals surface area (Å²) >= 11 is 3.24. The van der Waals surface area contributed by atoms with Gasteiger partial charge in [0.25, 0.3) is 0 Å². The van der Waals surface area contributed by atoms with Crippen LogP contribution < -0.4 is 0 Å². The van der Waals surface area contributed by atoms with Crippen molar-refractivity contribution in [1.82, 2.24) is 9.97 Å². The molecule has 1 aromatic carbocycles. The predicted octanol–water partition coefficient (Wildman–Crippen LogP) is 6.78. The SMILES string of the molecule is C=C1SC(=N\c2ccc(C)cc2C)/C(=C/Sc2nccc(C)n2)CC1(C)C. The molecule has 5 heteroatoms. The second-order valence-corrected chi connectivity index (χ2v) is 9.45.